The lowest BCUT2D eigenvalue weighted by molar-refractivity contribution is 0.111. The zero-order chi connectivity index (χ0) is 13.9. The number of hydrogen-bond acceptors (Lipinski definition) is 3. The van der Waals surface area contributed by atoms with Crippen molar-refractivity contribution < 1.29 is 4.79 Å². The Hall–Kier alpha value is -1.78. The Balaban J connectivity index is 1.87. The van der Waals surface area contributed by atoms with Gasteiger partial charge in [0.2, 0.25) is 0 Å². The van der Waals surface area contributed by atoms with Crippen LogP contribution in [-0.4, -0.2) is 15.7 Å². The normalized spacial score (nSPS) is 10.8. The second kappa shape index (κ2) is 5.69. The summed E-state index contributed by atoms with van der Waals surface area (Å²) in [4.78, 5) is 15.8. The van der Waals surface area contributed by atoms with E-state index in [9.17, 15) is 4.79 Å². The number of thioether (sulfide) groups is 1. The van der Waals surface area contributed by atoms with E-state index in [0.717, 1.165) is 33.3 Å². The first kappa shape index (κ1) is 13.2. The first-order chi connectivity index (χ1) is 9.78. The van der Waals surface area contributed by atoms with Crippen LogP contribution in [0.1, 0.15) is 16.1 Å². The number of carbonyl (C=O) groups excluding carboxylic acids is 1. The highest BCUT2D eigenvalue weighted by Gasteiger charge is 2.11. The van der Waals surface area contributed by atoms with Gasteiger partial charge in [0.25, 0.3) is 0 Å². The lowest BCUT2D eigenvalue weighted by Gasteiger charge is -2.00. The maximum absolute atomic E-state index is 11.3. The van der Waals surface area contributed by atoms with Gasteiger partial charge in [-0.15, -0.1) is 0 Å². The van der Waals surface area contributed by atoms with Crippen LogP contribution < -0.4 is 0 Å². The van der Waals surface area contributed by atoms with Gasteiger partial charge in [-0.3, -0.25) is 9.20 Å². The molecule has 0 amide bonds. The average molecular weight is 303 g/mol. The molecule has 0 spiro atoms. The molecular weight excluding hydrogens is 292 g/mol. The Bertz CT molecular complexity index is 752. The molecule has 0 bridgehead atoms. The number of fused-ring (bicyclic) bond motifs is 1. The Morgan fingerprint density at radius 2 is 2.00 bits per heavy atom. The van der Waals surface area contributed by atoms with E-state index in [1.54, 1.807) is 16.2 Å². The Morgan fingerprint density at radius 3 is 2.75 bits per heavy atom. The van der Waals surface area contributed by atoms with E-state index >= 15 is 0 Å². The number of imidazole rings is 1. The first-order valence-corrected chi connectivity index (χ1v) is 7.44. The number of rotatable bonds is 4. The van der Waals surface area contributed by atoms with Crippen molar-refractivity contribution in [3.05, 3.63) is 64.9 Å². The predicted molar refractivity (Wildman–Crippen MR) is 81.6 cm³/mol. The molecule has 5 heteroatoms. The van der Waals surface area contributed by atoms with Crippen molar-refractivity contribution in [3.63, 3.8) is 0 Å². The summed E-state index contributed by atoms with van der Waals surface area (Å²) >= 11 is 7.41. The van der Waals surface area contributed by atoms with Crippen LogP contribution in [0.5, 0.6) is 0 Å². The number of pyridine rings is 1. The standard InChI is InChI=1S/C15H11ClN2OS/c16-12-6-4-11(5-7-12)10-20-15-13(9-19)18-8-2-1-3-14(18)17-15/h1-9H,10H2. The minimum Gasteiger partial charge on any atom is -0.296 e. The van der Waals surface area contributed by atoms with Crippen LogP contribution in [0.15, 0.2) is 53.7 Å². The van der Waals surface area contributed by atoms with Gasteiger partial charge in [-0.05, 0) is 29.8 Å². The number of carbonyl (C=O) groups is 1. The molecule has 0 aliphatic heterocycles. The molecule has 1 aromatic carbocycles. The first-order valence-electron chi connectivity index (χ1n) is 6.07. The van der Waals surface area contributed by atoms with Gasteiger partial charge in [0.15, 0.2) is 6.29 Å². The summed E-state index contributed by atoms with van der Waals surface area (Å²) in [5.74, 6) is 0.752. The van der Waals surface area contributed by atoms with Crippen molar-refractivity contribution in [1.82, 2.24) is 9.38 Å². The summed E-state index contributed by atoms with van der Waals surface area (Å²) in [6, 6.07) is 13.4. The minimum atomic E-state index is 0.597. The summed E-state index contributed by atoms with van der Waals surface area (Å²) in [5, 5.41) is 1.47. The number of nitrogens with zero attached hydrogens (tertiary/aromatic N) is 2. The van der Waals surface area contributed by atoms with E-state index < -0.39 is 0 Å². The van der Waals surface area contributed by atoms with Gasteiger partial charge in [0.05, 0.1) is 0 Å². The molecule has 0 unspecified atom stereocenters. The number of aromatic nitrogens is 2. The maximum Gasteiger partial charge on any atom is 0.169 e. The molecule has 0 fully saturated rings. The topological polar surface area (TPSA) is 34.4 Å². The van der Waals surface area contributed by atoms with E-state index in [1.165, 1.54) is 0 Å². The monoisotopic (exact) mass is 302 g/mol. The quantitative estimate of drug-likeness (QED) is 0.538. The summed E-state index contributed by atoms with van der Waals surface area (Å²) < 4.78 is 1.80. The van der Waals surface area contributed by atoms with Crippen LogP contribution in [0.25, 0.3) is 5.65 Å². The highest BCUT2D eigenvalue weighted by Crippen LogP contribution is 2.26. The van der Waals surface area contributed by atoms with Gasteiger partial charge >= 0.3 is 0 Å². The van der Waals surface area contributed by atoms with Crippen molar-refractivity contribution in [2.75, 3.05) is 0 Å². The summed E-state index contributed by atoms with van der Waals surface area (Å²) in [5.41, 5.74) is 2.53. The molecule has 2 heterocycles. The van der Waals surface area contributed by atoms with E-state index in [-0.39, 0.29) is 0 Å². The van der Waals surface area contributed by atoms with E-state index in [1.807, 2.05) is 48.7 Å². The van der Waals surface area contributed by atoms with Gasteiger partial charge in [-0.1, -0.05) is 41.6 Å². The van der Waals surface area contributed by atoms with Crippen LogP contribution in [0.4, 0.5) is 0 Å². The summed E-state index contributed by atoms with van der Waals surface area (Å²) in [6.45, 7) is 0. The van der Waals surface area contributed by atoms with Crippen LogP contribution in [0, 0.1) is 0 Å². The third-order valence-corrected chi connectivity index (χ3v) is 4.24. The van der Waals surface area contributed by atoms with Gasteiger partial charge in [-0.25, -0.2) is 4.98 Å². The number of aldehydes is 1. The number of halogens is 1. The van der Waals surface area contributed by atoms with Crippen molar-refractivity contribution >= 4 is 35.3 Å². The molecule has 3 aromatic rings. The Kier molecular flexibility index (Phi) is 3.76. The van der Waals surface area contributed by atoms with Crippen LogP contribution >= 0.6 is 23.4 Å². The fourth-order valence-electron chi connectivity index (χ4n) is 1.94. The second-order valence-electron chi connectivity index (χ2n) is 4.26. The van der Waals surface area contributed by atoms with Gasteiger partial charge < -0.3 is 0 Å². The predicted octanol–water partition coefficient (Wildman–Crippen LogP) is 4.09. The number of benzene rings is 1. The molecule has 0 saturated carbocycles. The van der Waals surface area contributed by atoms with E-state index in [4.69, 9.17) is 11.6 Å². The molecule has 0 N–H and O–H groups in total. The smallest absolute Gasteiger partial charge is 0.169 e. The minimum absolute atomic E-state index is 0.597. The Labute approximate surface area is 125 Å². The molecular formula is C15H11ClN2OS. The zero-order valence-corrected chi connectivity index (χ0v) is 12.1. The molecule has 0 aliphatic carbocycles. The molecule has 0 saturated heterocycles. The second-order valence-corrected chi connectivity index (χ2v) is 5.66. The van der Waals surface area contributed by atoms with Gasteiger partial charge in [0, 0.05) is 17.0 Å². The molecule has 3 rings (SSSR count). The molecule has 3 nitrogen and oxygen atoms in total. The van der Waals surface area contributed by atoms with Gasteiger partial charge in [-0.2, -0.15) is 0 Å². The zero-order valence-electron chi connectivity index (χ0n) is 10.5. The van der Waals surface area contributed by atoms with Crippen LogP contribution in [0.3, 0.4) is 0 Å². The van der Waals surface area contributed by atoms with Crippen LogP contribution in [0.2, 0.25) is 5.02 Å². The average Bonchev–Trinajstić information content (AvgIpc) is 2.84. The van der Waals surface area contributed by atoms with Crippen LogP contribution in [-0.2, 0) is 5.75 Å². The van der Waals surface area contributed by atoms with Crippen molar-refractivity contribution in [2.45, 2.75) is 10.8 Å². The van der Waals surface area contributed by atoms with E-state index in [0.29, 0.717) is 5.69 Å². The number of hydrogen-bond donors (Lipinski definition) is 0. The molecule has 0 radical (unpaired) electrons. The largest absolute Gasteiger partial charge is 0.296 e. The van der Waals surface area contributed by atoms with Crippen molar-refractivity contribution in [2.24, 2.45) is 0 Å². The molecule has 20 heavy (non-hydrogen) atoms. The van der Waals surface area contributed by atoms with E-state index in [2.05, 4.69) is 4.98 Å². The molecule has 0 aliphatic rings. The fraction of sp³-hybridized carbons (Fsp3) is 0.0667. The summed E-state index contributed by atoms with van der Waals surface area (Å²) in [7, 11) is 0. The summed E-state index contributed by atoms with van der Waals surface area (Å²) in [6.07, 6.45) is 2.70. The fourth-order valence-corrected chi connectivity index (χ4v) is 3.01. The highest BCUT2D eigenvalue weighted by atomic mass is 35.5. The lowest BCUT2D eigenvalue weighted by Crippen LogP contribution is -1.91. The third-order valence-electron chi connectivity index (χ3n) is 2.93. The molecule has 2 aromatic heterocycles. The molecule has 0 atom stereocenters. The Morgan fingerprint density at radius 1 is 1.20 bits per heavy atom. The van der Waals surface area contributed by atoms with Crippen molar-refractivity contribution in [3.8, 4) is 0 Å². The lowest BCUT2D eigenvalue weighted by atomic mass is 10.2. The molecule has 100 valence electrons. The SMILES string of the molecule is O=Cc1c(SCc2ccc(Cl)cc2)nc2ccccn12. The highest BCUT2D eigenvalue weighted by molar-refractivity contribution is 7.98. The third kappa shape index (κ3) is 2.57. The van der Waals surface area contributed by atoms with Gasteiger partial charge in [0.1, 0.15) is 16.4 Å². The maximum atomic E-state index is 11.3. The van der Waals surface area contributed by atoms with Crippen molar-refractivity contribution in [1.29, 1.82) is 0 Å².